The van der Waals surface area contributed by atoms with Gasteiger partial charge in [-0.2, -0.15) is 0 Å². The molecule has 16 heavy (non-hydrogen) atoms. The molecule has 1 unspecified atom stereocenters. The van der Waals surface area contributed by atoms with Gasteiger partial charge >= 0.3 is 0 Å². The largest absolute Gasteiger partial charge is 0.320 e. The molecule has 1 amide bonds. The van der Waals surface area contributed by atoms with Crippen LogP contribution in [0.3, 0.4) is 0 Å². The van der Waals surface area contributed by atoms with Crippen molar-refractivity contribution >= 4 is 15.9 Å². The second kappa shape index (κ2) is 6.20. The van der Waals surface area contributed by atoms with Gasteiger partial charge in [-0.3, -0.25) is 9.52 Å². The van der Waals surface area contributed by atoms with Crippen LogP contribution in [0, 0.1) is 0 Å². The lowest BCUT2D eigenvalue weighted by molar-refractivity contribution is -0.120. The molecule has 0 spiro atoms. The van der Waals surface area contributed by atoms with Crippen LogP contribution in [0.1, 0.15) is 44.9 Å². The zero-order valence-corrected chi connectivity index (χ0v) is 10.3. The SMILES string of the molecule is NC1CCCCCCCCS(=O)(=O)NC1=O. The van der Waals surface area contributed by atoms with Crippen molar-refractivity contribution in [3.05, 3.63) is 0 Å². The number of rotatable bonds is 0. The first-order valence-corrected chi connectivity index (χ1v) is 7.46. The van der Waals surface area contributed by atoms with E-state index in [1.807, 2.05) is 4.72 Å². The molecule has 5 nitrogen and oxygen atoms in total. The molecule has 0 saturated carbocycles. The molecule has 1 saturated heterocycles. The summed E-state index contributed by atoms with van der Waals surface area (Å²) in [5.74, 6) is -0.550. The summed E-state index contributed by atoms with van der Waals surface area (Å²) in [6.45, 7) is 0. The molecule has 0 aromatic heterocycles. The van der Waals surface area contributed by atoms with Crippen LogP contribution in [-0.4, -0.2) is 26.1 Å². The minimum absolute atomic E-state index is 0.0193. The van der Waals surface area contributed by atoms with Gasteiger partial charge in [-0.05, 0) is 12.8 Å². The van der Waals surface area contributed by atoms with E-state index in [2.05, 4.69) is 0 Å². The van der Waals surface area contributed by atoms with E-state index in [0.29, 0.717) is 12.8 Å². The monoisotopic (exact) mass is 248 g/mol. The summed E-state index contributed by atoms with van der Waals surface area (Å²) in [4.78, 5) is 11.4. The van der Waals surface area contributed by atoms with Crippen LogP contribution < -0.4 is 10.5 Å². The quantitative estimate of drug-likeness (QED) is 0.653. The third-order valence-corrected chi connectivity index (χ3v) is 4.11. The van der Waals surface area contributed by atoms with Crippen molar-refractivity contribution in [2.24, 2.45) is 5.73 Å². The van der Waals surface area contributed by atoms with Crippen molar-refractivity contribution in [2.75, 3.05) is 5.75 Å². The average Bonchev–Trinajstić information content (AvgIpc) is 2.19. The first kappa shape index (κ1) is 13.4. The van der Waals surface area contributed by atoms with Crippen LogP contribution in [0.2, 0.25) is 0 Å². The van der Waals surface area contributed by atoms with E-state index >= 15 is 0 Å². The average molecular weight is 248 g/mol. The summed E-state index contributed by atoms with van der Waals surface area (Å²) in [5.41, 5.74) is 5.60. The summed E-state index contributed by atoms with van der Waals surface area (Å²) in [5, 5.41) is 0. The van der Waals surface area contributed by atoms with E-state index in [-0.39, 0.29) is 5.75 Å². The smallest absolute Gasteiger partial charge is 0.250 e. The molecule has 1 rings (SSSR count). The van der Waals surface area contributed by atoms with Crippen LogP contribution in [0.5, 0.6) is 0 Å². The highest BCUT2D eigenvalue weighted by molar-refractivity contribution is 7.90. The molecule has 0 aliphatic carbocycles. The predicted octanol–water partition coefficient (Wildman–Crippen LogP) is 0.504. The van der Waals surface area contributed by atoms with Crippen molar-refractivity contribution < 1.29 is 13.2 Å². The Morgan fingerprint density at radius 3 is 2.31 bits per heavy atom. The number of hydrogen-bond acceptors (Lipinski definition) is 4. The second-order valence-corrected chi connectivity index (χ2v) is 6.14. The summed E-state index contributed by atoms with van der Waals surface area (Å²) in [6, 6.07) is -0.700. The van der Waals surface area contributed by atoms with Gasteiger partial charge in [0.05, 0.1) is 11.8 Å². The minimum Gasteiger partial charge on any atom is -0.320 e. The van der Waals surface area contributed by atoms with Crippen molar-refractivity contribution in [1.29, 1.82) is 0 Å². The maximum atomic E-state index is 11.5. The predicted molar refractivity (Wildman–Crippen MR) is 62.2 cm³/mol. The maximum absolute atomic E-state index is 11.5. The van der Waals surface area contributed by atoms with E-state index in [1.54, 1.807) is 0 Å². The first-order valence-electron chi connectivity index (χ1n) is 5.81. The van der Waals surface area contributed by atoms with Crippen LogP contribution in [-0.2, 0) is 14.8 Å². The van der Waals surface area contributed by atoms with Gasteiger partial charge in [0.15, 0.2) is 0 Å². The molecule has 1 fully saturated rings. The van der Waals surface area contributed by atoms with Crippen LogP contribution in [0.15, 0.2) is 0 Å². The number of amides is 1. The van der Waals surface area contributed by atoms with Gasteiger partial charge in [0.25, 0.3) is 0 Å². The Morgan fingerprint density at radius 1 is 1.06 bits per heavy atom. The Kier molecular flexibility index (Phi) is 5.21. The highest BCUT2D eigenvalue weighted by Gasteiger charge is 2.20. The Hall–Kier alpha value is -0.620. The lowest BCUT2D eigenvalue weighted by Gasteiger charge is -2.13. The summed E-state index contributed by atoms with van der Waals surface area (Å²) in [7, 11) is -3.47. The molecule has 0 bridgehead atoms. The second-order valence-electron chi connectivity index (χ2n) is 4.30. The molecule has 3 N–H and O–H groups in total. The molecule has 6 heteroatoms. The van der Waals surface area contributed by atoms with E-state index in [0.717, 1.165) is 32.1 Å². The molecule has 1 aliphatic heterocycles. The van der Waals surface area contributed by atoms with Gasteiger partial charge in [-0.15, -0.1) is 0 Å². The Bertz CT molecular complexity index is 327. The third kappa shape index (κ3) is 4.94. The van der Waals surface area contributed by atoms with Gasteiger partial charge in [-0.25, -0.2) is 8.42 Å². The maximum Gasteiger partial charge on any atom is 0.250 e. The molecule has 0 aromatic carbocycles. The van der Waals surface area contributed by atoms with Crippen LogP contribution in [0.4, 0.5) is 0 Å². The summed E-state index contributed by atoms with van der Waals surface area (Å²) in [6.07, 6.45) is 6.16. The van der Waals surface area contributed by atoms with E-state index in [9.17, 15) is 13.2 Å². The van der Waals surface area contributed by atoms with E-state index in [1.165, 1.54) is 0 Å². The molecule has 0 aromatic rings. The fraction of sp³-hybridized carbons (Fsp3) is 0.900. The zero-order chi connectivity index (χ0) is 12.0. The standard InChI is InChI=1S/C10H20N2O3S/c11-9-7-5-3-1-2-4-6-8-16(14,15)12-10(9)13/h9H,1-8,11H2,(H,12,13). The fourth-order valence-electron chi connectivity index (χ4n) is 1.77. The summed E-state index contributed by atoms with van der Waals surface area (Å²) >= 11 is 0. The van der Waals surface area contributed by atoms with E-state index < -0.39 is 22.0 Å². The number of nitrogens with one attached hydrogen (secondary N) is 1. The Morgan fingerprint density at radius 2 is 1.62 bits per heavy atom. The Balaban J connectivity index is 2.59. The summed E-state index contributed by atoms with van der Waals surface area (Å²) < 4.78 is 24.9. The molecule has 1 aliphatic rings. The molecule has 1 atom stereocenters. The number of carbonyl (C=O) groups is 1. The highest BCUT2D eigenvalue weighted by Crippen LogP contribution is 2.10. The van der Waals surface area contributed by atoms with Crippen molar-refractivity contribution in [3.63, 3.8) is 0 Å². The molecular weight excluding hydrogens is 228 g/mol. The Labute approximate surface area is 96.8 Å². The molecule has 94 valence electrons. The number of carbonyl (C=O) groups excluding carboxylic acids is 1. The van der Waals surface area contributed by atoms with Crippen LogP contribution >= 0.6 is 0 Å². The van der Waals surface area contributed by atoms with Crippen LogP contribution in [0.25, 0.3) is 0 Å². The van der Waals surface area contributed by atoms with Gasteiger partial charge < -0.3 is 5.73 Å². The fourth-order valence-corrected chi connectivity index (χ4v) is 2.92. The van der Waals surface area contributed by atoms with Gasteiger partial charge in [-0.1, -0.05) is 32.1 Å². The lowest BCUT2D eigenvalue weighted by atomic mass is 10.1. The minimum atomic E-state index is -3.47. The number of hydrogen-bond donors (Lipinski definition) is 2. The zero-order valence-electron chi connectivity index (χ0n) is 9.44. The highest BCUT2D eigenvalue weighted by atomic mass is 32.2. The topological polar surface area (TPSA) is 89.3 Å². The normalized spacial score (nSPS) is 28.6. The van der Waals surface area contributed by atoms with Crippen molar-refractivity contribution in [1.82, 2.24) is 4.72 Å². The van der Waals surface area contributed by atoms with Gasteiger partial charge in [0.1, 0.15) is 0 Å². The van der Waals surface area contributed by atoms with E-state index in [4.69, 9.17) is 5.73 Å². The number of sulfonamides is 1. The van der Waals surface area contributed by atoms with Crippen molar-refractivity contribution in [3.8, 4) is 0 Å². The van der Waals surface area contributed by atoms with Crippen molar-refractivity contribution in [2.45, 2.75) is 51.0 Å². The third-order valence-electron chi connectivity index (χ3n) is 2.77. The molecule has 0 radical (unpaired) electrons. The van der Waals surface area contributed by atoms with Gasteiger partial charge in [0, 0.05) is 0 Å². The molecular formula is C10H20N2O3S. The lowest BCUT2D eigenvalue weighted by Crippen LogP contribution is -2.44. The number of nitrogens with two attached hydrogens (primary N) is 1. The van der Waals surface area contributed by atoms with Gasteiger partial charge in [0.2, 0.25) is 15.9 Å². The molecule has 1 heterocycles. The first-order chi connectivity index (χ1) is 7.51.